The topological polar surface area (TPSA) is 78.7 Å². The lowest BCUT2D eigenvalue weighted by Gasteiger charge is -2.03. The van der Waals surface area contributed by atoms with E-state index in [4.69, 9.17) is 5.26 Å². The zero-order valence-electron chi connectivity index (χ0n) is 12.9. The van der Waals surface area contributed by atoms with E-state index in [1.165, 1.54) is 17.1 Å². The monoisotopic (exact) mass is 354 g/mol. The molecule has 0 spiro atoms. The summed E-state index contributed by atoms with van der Waals surface area (Å²) in [5, 5.41) is 14.7. The fourth-order valence-electron chi connectivity index (χ4n) is 2.12. The molecule has 120 valence electrons. The second-order valence-corrected chi connectivity index (χ2v) is 7.30. The largest absolute Gasteiger partial charge is 0.352 e. The molecule has 3 heterocycles. The van der Waals surface area contributed by atoms with Crippen LogP contribution in [0.2, 0.25) is 0 Å². The smallest absolute Gasteiger partial charge is 0.252 e. The van der Waals surface area contributed by atoms with Gasteiger partial charge in [-0.3, -0.25) is 4.79 Å². The van der Waals surface area contributed by atoms with Crippen LogP contribution in [0.15, 0.2) is 35.8 Å². The Labute approximate surface area is 147 Å². The molecule has 0 saturated carbocycles. The molecule has 0 aromatic carbocycles. The molecular weight excluding hydrogens is 340 g/mol. The molecule has 0 fully saturated rings. The fraction of sp³-hybridized carbons (Fsp3) is 0.176. The normalized spacial score (nSPS) is 10.3. The minimum atomic E-state index is -0.182. The lowest BCUT2D eigenvalue weighted by Crippen LogP contribution is -2.25. The third kappa shape index (κ3) is 3.85. The number of hydrogen-bond acceptors (Lipinski definition) is 6. The number of nitrogens with one attached hydrogen (secondary N) is 1. The summed E-state index contributed by atoms with van der Waals surface area (Å²) in [6.45, 7) is 2.55. The lowest BCUT2D eigenvalue weighted by molar-refractivity contribution is 0.0954. The highest BCUT2D eigenvalue weighted by atomic mass is 32.1. The molecule has 1 amide bonds. The number of thiophene rings is 1. The van der Waals surface area contributed by atoms with Gasteiger partial charge in [0.15, 0.2) is 0 Å². The summed E-state index contributed by atoms with van der Waals surface area (Å²) in [5.41, 5.74) is 1.77. The molecule has 0 radical (unpaired) electrons. The van der Waals surface area contributed by atoms with Crippen LogP contribution in [0.3, 0.4) is 0 Å². The maximum absolute atomic E-state index is 12.0. The number of nitrogens with zero attached hydrogens (tertiary/aromatic N) is 3. The van der Waals surface area contributed by atoms with Crippen molar-refractivity contribution in [3.63, 3.8) is 0 Å². The second kappa shape index (κ2) is 7.34. The molecule has 0 aliphatic carbocycles. The Morgan fingerprint density at radius 2 is 2.21 bits per heavy atom. The Balaban J connectivity index is 1.53. The van der Waals surface area contributed by atoms with Gasteiger partial charge in [0.1, 0.15) is 11.8 Å². The van der Waals surface area contributed by atoms with Gasteiger partial charge in [-0.15, -0.1) is 22.7 Å². The van der Waals surface area contributed by atoms with Gasteiger partial charge in [0.05, 0.1) is 21.1 Å². The van der Waals surface area contributed by atoms with E-state index in [0.717, 1.165) is 22.0 Å². The first-order chi connectivity index (χ1) is 11.7. The summed E-state index contributed by atoms with van der Waals surface area (Å²) in [7, 11) is 0. The van der Waals surface area contributed by atoms with Gasteiger partial charge in [-0.1, -0.05) is 0 Å². The van der Waals surface area contributed by atoms with Crippen molar-refractivity contribution < 1.29 is 4.79 Å². The Kier molecular flexibility index (Phi) is 4.99. The van der Waals surface area contributed by atoms with Gasteiger partial charge < -0.3 is 5.32 Å². The molecule has 1 N–H and O–H groups in total. The molecule has 3 aromatic rings. The van der Waals surface area contributed by atoms with Crippen molar-refractivity contribution in [1.29, 1.82) is 5.26 Å². The van der Waals surface area contributed by atoms with E-state index < -0.39 is 0 Å². The summed E-state index contributed by atoms with van der Waals surface area (Å²) in [5.74, 6) is -0.182. The highest BCUT2D eigenvalue weighted by Crippen LogP contribution is 2.29. The average molecular weight is 354 g/mol. The van der Waals surface area contributed by atoms with E-state index in [2.05, 4.69) is 32.8 Å². The SMILES string of the molecule is Cc1nc(-c2ccc(CCNC(=O)c3ccc(C#N)nc3)s2)cs1. The van der Waals surface area contributed by atoms with E-state index in [1.54, 1.807) is 28.7 Å². The molecule has 3 aromatic heterocycles. The van der Waals surface area contributed by atoms with Crippen LogP contribution >= 0.6 is 22.7 Å². The molecule has 24 heavy (non-hydrogen) atoms. The molecule has 0 saturated heterocycles. The third-order valence-corrected chi connectivity index (χ3v) is 5.27. The van der Waals surface area contributed by atoms with Crippen LogP contribution < -0.4 is 5.32 Å². The Morgan fingerprint density at radius 3 is 2.88 bits per heavy atom. The molecule has 0 unspecified atom stereocenters. The first-order valence-corrected chi connectivity index (χ1v) is 9.01. The summed E-state index contributed by atoms with van der Waals surface area (Å²) < 4.78 is 0. The first-order valence-electron chi connectivity index (χ1n) is 7.31. The predicted molar refractivity (Wildman–Crippen MR) is 95.2 cm³/mol. The molecular formula is C17H14N4OS2. The van der Waals surface area contributed by atoms with Crippen LogP contribution in [-0.2, 0) is 6.42 Å². The van der Waals surface area contributed by atoms with Crippen molar-refractivity contribution in [2.45, 2.75) is 13.3 Å². The van der Waals surface area contributed by atoms with Crippen molar-refractivity contribution in [3.8, 4) is 16.6 Å². The summed E-state index contributed by atoms with van der Waals surface area (Å²) in [6.07, 6.45) is 2.19. The first kappa shape index (κ1) is 16.3. The number of pyridine rings is 1. The minimum absolute atomic E-state index is 0.182. The van der Waals surface area contributed by atoms with Crippen LogP contribution in [0.5, 0.6) is 0 Å². The predicted octanol–water partition coefficient (Wildman–Crippen LogP) is 3.42. The van der Waals surface area contributed by atoms with Gasteiger partial charge in [0.25, 0.3) is 5.91 Å². The van der Waals surface area contributed by atoms with Gasteiger partial charge in [-0.25, -0.2) is 9.97 Å². The number of nitriles is 1. The molecule has 3 rings (SSSR count). The number of rotatable bonds is 5. The molecule has 7 heteroatoms. The van der Waals surface area contributed by atoms with Crippen LogP contribution in [0.4, 0.5) is 0 Å². The summed E-state index contributed by atoms with van der Waals surface area (Å²) in [4.78, 5) is 22.8. The van der Waals surface area contributed by atoms with Crippen LogP contribution in [0.25, 0.3) is 10.6 Å². The van der Waals surface area contributed by atoms with Crippen molar-refractivity contribution >= 4 is 28.6 Å². The van der Waals surface area contributed by atoms with Crippen LogP contribution in [-0.4, -0.2) is 22.4 Å². The number of amides is 1. The number of carbonyl (C=O) groups is 1. The van der Waals surface area contributed by atoms with Gasteiger partial charge >= 0.3 is 0 Å². The van der Waals surface area contributed by atoms with Gasteiger partial charge in [0.2, 0.25) is 0 Å². The quantitative estimate of drug-likeness (QED) is 0.761. The molecule has 0 aliphatic heterocycles. The molecule has 0 aliphatic rings. The van der Waals surface area contributed by atoms with E-state index in [1.807, 2.05) is 13.0 Å². The van der Waals surface area contributed by atoms with E-state index >= 15 is 0 Å². The maximum Gasteiger partial charge on any atom is 0.252 e. The third-order valence-electron chi connectivity index (χ3n) is 3.33. The number of thiazole rings is 1. The van der Waals surface area contributed by atoms with Gasteiger partial charge in [-0.05, 0) is 37.6 Å². The number of hydrogen-bond donors (Lipinski definition) is 1. The minimum Gasteiger partial charge on any atom is -0.352 e. The highest BCUT2D eigenvalue weighted by Gasteiger charge is 2.08. The average Bonchev–Trinajstić information content (AvgIpc) is 3.24. The second-order valence-electron chi connectivity index (χ2n) is 5.07. The van der Waals surface area contributed by atoms with E-state index in [-0.39, 0.29) is 5.91 Å². The number of carbonyl (C=O) groups excluding carboxylic acids is 1. The Hall–Kier alpha value is -2.56. The van der Waals surface area contributed by atoms with Crippen LogP contribution in [0, 0.1) is 18.3 Å². The van der Waals surface area contributed by atoms with Gasteiger partial charge in [0, 0.05) is 23.0 Å². The number of aryl methyl sites for hydroxylation is 1. The van der Waals surface area contributed by atoms with E-state index in [0.29, 0.717) is 17.8 Å². The highest BCUT2D eigenvalue weighted by molar-refractivity contribution is 7.16. The van der Waals surface area contributed by atoms with E-state index in [9.17, 15) is 4.79 Å². The molecule has 0 atom stereocenters. The fourth-order valence-corrected chi connectivity index (χ4v) is 3.78. The zero-order chi connectivity index (χ0) is 16.9. The zero-order valence-corrected chi connectivity index (χ0v) is 14.6. The van der Waals surface area contributed by atoms with Crippen molar-refractivity contribution in [2.24, 2.45) is 0 Å². The van der Waals surface area contributed by atoms with Crippen molar-refractivity contribution in [2.75, 3.05) is 6.54 Å². The standard InChI is InChI=1S/C17H14N4OS2/c1-11-21-15(10-23-11)16-5-4-14(24-16)6-7-19-17(22)12-2-3-13(8-18)20-9-12/h2-5,9-10H,6-7H2,1H3,(H,19,22). The Bertz CT molecular complexity index is 890. The maximum atomic E-state index is 12.0. The summed E-state index contributed by atoms with van der Waals surface area (Å²) >= 11 is 3.34. The summed E-state index contributed by atoms with van der Waals surface area (Å²) in [6, 6.07) is 9.22. The van der Waals surface area contributed by atoms with Crippen molar-refractivity contribution in [3.05, 3.63) is 57.0 Å². The van der Waals surface area contributed by atoms with Crippen molar-refractivity contribution in [1.82, 2.24) is 15.3 Å². The lowest BCUT2D eigenvalue weighted by atomic mass is 10.2. The molecule has 5 nitrogen and oxygen atoms in total. The van der Waals surface area contributed by atoms with Gasteiger partial charge in [-0.2, -0.15) is 5.26 Å². The Morgan fingerprint density at radius 1 is 1.33 bits per heavy atom. The number of aromatic nitrogens is 2. The van der Waals surface area contributed by atoms with Crippen LogP contribution in [0.1, 0.15) is 25.9 Å². The molecule has 0 bridgehead atoms.